The van der Waals surface area contributed by atoms with Crippen LogP contribution in [-0.2, 0) is 6.42 Å². The standard InChI is InChI=1S/C17H21ClN2/c1-11-7-8-14(9-13(11)3)10-16(20-19)15-6-4-5-12(2)17(15)18/h4-9,16,20H,10,19H2,1-3H3. The summed E-state index contributed by atoms with van der Waals surface area (Å²) >= 11 is 6.39. The van der Waals surface area contributed by atoms with Crippen LogP contribution in [0, 0.1) is 20.8 Å². The molecule has 0 radical (unpaired) electrons. The van der Waals surface area contributed by atoms with E-state index in [2.05, 4.69) is 37.5 Å². The molecule has 0 saturated heterocycles. The molecule has 0 amide bonds. The van der Waals surface area contributed by atoms with Gasteiger partial charge >= 0.3 is 0 Å². The molecule has 2 aromatic rings. The van der Waals surface area contributed by atoms with E-state index in [0.29, 0.717) is 0 Å². The first-order valence-electron chi connectivity index (χ1n) is 6.80. The predicted molar refractivity (Wildman–Crippen MR) is 85.9 cm³/mol. The van der Waals surface area contributed by atoms with E-state index in [4.69, 9.17) is 17.4 Å². The van der Waals surface area contributed by atoms with Gasteiger partial charge in [0.25, 0.3) is 0 Å². The van der Waals surface area contributed by atoms with Crippen LogP contribution >= 0.6 is 11.6 Å². The molecular weight excluding hydrogens is 268 g/mol. The van der Waals surface area contributed by atoms with Crippen molar-refractivity contribution in [3.8, 4) is 0 Å². The highest BCUT2D eigenvalue weighted by atomic mass is 35.5. The quantitative estimate of drug-likeness (QED) is 0.659. The van der Waals surface area contributed by atoms with Crippen molar-refractivity contribution >= 4 is 11.6 Å². The van der Waals surface area contributed by atoms with Crippen LogP contribution in [0.1, 0.15) is 33.9 Å². The zero-order valence-corrected chi connectivity index (χ0v) is 13.0. The Morgan fingerprint density at radius 3 is 2.45 bits per heavy atom. The molecule has 2 nitrogen and oxygen atoms in total. The van der Waals surface area contributed by atoms with E-state index >= 15 is 0 Å². The van der Waals surface area contributed by atoms with Gasteiger partial charge in [0.15, 0.2) is 0 Å². The fourth-order valence-corrected chi connectivity index (χ4v) is 2.62. The Morgan fingerprint density at radius 1 is 1.05 bits per heavy atom. The smallest absolute Gasteiger partial charge is 0.0515 e. The maximum Gasteiger partial charge on any atom is 0.0515 e. The molecule has 2 rings (SSSR count). The summed E-state index contributed by atoms with van der Waals surface area (Å²) in [5.74, 6) is 5.73. The average molecular weight is 289 g/mol. The first-order valence-corrected chi connectivity index (χ1v) is 7.18. The van der Waals surface area contributed by atoms with Gasteiger partial charge < -0.3 is 0 Å². The first kappa shape index (κ1) is 15.0. The molecule has 0 aliphatic heterocycles. The molecule has 0 heterocycles. The highest BCUT2D eigenvalue weighted by Gasteiger charge is 2.15. The van der Waals surface area contributed by atoms with Crippen molar-refractivity contribution in [2.24, 2.45) is 5.84 Å². The topological polar surface area (TPSA) is 38.0 Å². The van der Waals surface area contributed by atoms with Crippen molar-refractivity contribution < 1.29 is 0 Å². The van der Waals surface area contributed by atoms with E-state index in [-0.39, 0.29) is 6.04 Å². The van der Waals surface area contributed by atoms with Gasteiger partial charge in [0.2, 0.25) is 0 Å². The molecular formula is C17H21ClN2. The van der Waals surface area contributed by atoms with Gasteiger partial charge in [-0.05, 0) is 55.0 Å². The summed E-state index contributed by atoms with van der Waals surface area (Å²) in [6, 6.07) is 12.6. The largest absolute Gasteiger partial charge is 0.271 e. The van der Waals surface area contributed by atoms with Crippen molar-refractivity contribution in [2.75, 3.05) is 0 Å². The van der Waals surface area contributed by atoms with Crippen LogP contribution in [0.25, 0.3) is 0 Å². The number of hydrazine groups is 1. The van der Waals surface area contributed by atoms with Crippen molar-refractivity contribution in [2.45, 2.75) is 33.2 Å². The van der Waals surface area contributed by atoms with Crippen LogP contribution in [0.3, 0.4) is 0 Å². The fraction of sp³-hybridized carbons (Fsp3) is 0.294. The maximum atomic E-state index is 6.39. The molecule has 0 aliphatic rings. The Labute approximate surface area is 125 Å². The monoisotopic (exact) mass is 288 g/mol. The van der Waals surface area contributed by atoms with Gasteiger partial charge in [0.1, 0.15) is 0 Å². The van der Waals surface area contributed by atoms with Gasteiger partial charge in [-0.1, -0.05) is 48.0 Å². The summed E-state index contributed by atoms with van der Waals surface area (Å²) in [6.07, 6.45) is 0.820. The van der Waals surface area contributed by atoms with Crippen LogP contribution in [0.2, 0.25) is 5.02 Å². The first-order chi connectivity index (χ1) is 9.52. The molecule has 1 unspecified atom stereocenters. The van der Waals surface area contributed by atoms with Gasteiger partial charge in [0.05, 0.1) is 6.04 Å². The molecule has 3 N–H and O–H groups in total. The van der Waals surface area contributed by atoms with Crippen LogP contribution in [0.4, 0.5) is 0 Å². The minimum Gasteiger partial charge on any atom is -0.271 e. The van der Waals surface area contributed by atoms with Crippen LogP contribution in [0.5, 0.6) is 0 Å². The average Bonchev–Trinajstić information content (AvgIpc) is 2.43. The van der Waals surface area contributed by atoms with Gasteiger partial charge in [-0.3, -0.25) is 11.3 Å². The fourth-order valence-electron chi connectivity index (χ4n) is 2.36. The number of hydrogen-bond donors (Lipinski definition) is 2. The van der Waals surface area contributed by atoms with Crippen LogP contribution in [-0.4, -0.2) is 0 Å². The molecule has 20 heavy (non-hydrogen) atoms. The minimum atomic E-state index is 0.0181. The molecule has 1 atom stereocenters. The van der Waals surface area contributed by atoms with E-state index < -0.39 is 0 Å². The molecule has 0 aromatic heterocycles. The Balaban J connectivity index is 2.28. The molecule has 0 spiro atoms. The van der Waals surface area contributed by atoms with Crippen molar-refractivity contribution in [3.05, 3.63) is 69.2 Å². The number of aryl methyl sites for hydroxylation is 3. The van der Waals surface area contributed by atoms with Crippen molar-refractivity contribution in [1.29, 1.82) is 0 Å². The lowest BCUT2D eigenvalue weighted by molar-refractivity contribution is 0.551. The number of nitrogens with one attached hydrogen (secondary N) is 1. The predicted octanol–water partition coefficient (Wildman–Crippen LogP) is 4.01. The summed E-state index contributed by atoms with van der Waals surface area (Å²) in [5, 5.41) is 0.791. The molecule has 2 aromatic carbocycles. The third-order valence-electron chi connectivity index (χ3n) is 3.81. The summed E-state index contributed by atoms with van der Waals surface area (Å²) in [7, 11) is 0. The normalized spacial score (nSPS) is 12.4. The summed E-state index contributed by atoms with van der Waals surface area (Å²) < 4.78 is 0. The lowest BCUT2D eigenvalue weighted by Gasteiger charge is -2.19. The zero-order chi connectivity index (χ0) is 14.7. The van der Waals surface area contributed by atoms with Crippen molar-refractivity contribution in [1.82, 2.24) is 5.43 Å². The second-order valence-electron chi connectivity index (χ2n) is 5.32. The SMILES string of the molecule is Cc1ccc(CC(NN)c2cccc(C)c2Cl)cc1C. The Morgan fingerprint density at radius 2 is 1.80 bits per heavy atom. The minimum absolute atomic E-state index is 0.0181. The molecule has 106 valence electrons. The van der Waals surface area contributed by atoms with E-state index in [9.17, 15) is 0 Å². The van der Waals surface area contributed by atoms with Crippen molar-refractivity contribution in [3.63, 3.8) is 0 Å². The lowest BCUT2D eigenvalue weighted by Crippen LogP contribution is -2.30. The van der Waals surface area contributed by atoms with Crippen LogP contribution in [0.15, 0.2) is 36.4 Å². The lowest BCUT2D eigenvalue weighted by atomic mass is 9.96. The Bertz CT molecular complexity index is 608. The number of hydrogen-bond acceptors (Lipinski definition) is 2. The number of halogens is 1. The second-order valence-corrected chi connectivity index (χ2v) is 5.70. The zero-order valence-electron chi connectivity index (χ0n) is 12.2. The highest BCUT2D eigenvalue weighted by molar-refractivity contribution is 6.32. The Kier molecular flexibility index (Phi) is 4.81. The Hall–Kier alpha value is -1.35. The second kappa shape index (κ2) is 6.40. The van der Waals surface area contributed by atoms with Gasteiger partial charge in [-0.15, -0.1) is 0 Å². The van der Waals surface area contributed by atoms with E-state index in [1.54, 1.807) is 0 Å². The molecule has 3 heteroatoms. The molecule has 0 aliphatic carbocycles. The van der Waals surface area contributed by atoms with Gasteiger partial charge in [0, 0.05) is 5.02 Å². The molecule has 0 fully saturated rings. The van der Waals surface area contributed by atoms with Crippen LogP contribution < -0.4 is 11.3 Å². The summed E-state index contributed by atoms with van der Waals surface area (Å²) in [4.78, 5) is 0. The molecule has 0 saturated carbocycles. The third-order valence-corrected chi connectivity index (χ3v) is 4.33. The highest BCUT2D eigenvalue weighted by Crippen LogP contribution is 2.28. The third kappa shape index (κ3) is 3.21. The van der Waals surface area contributed by atoms with Gasteiger partial charge in [-0.25, -0.2) is 0 Å². The maximum absolute atomic E-state index is 6.39. The number of nitrogens with two attached hydrogens (primary N) is 1. The summed E-state index contributed by atoms with van der Waals surface area (Å²) in [6.45, 7) is 6.26. The number of benzene rings is 2. The van der Waals surface area contributed by atoms with E-state index in [1.807, 2.05) is 25.1 Å². The van der Waals surface area contributed by atoms with E-state index in [0.717, 1.165) is 22.6 Å². The molecule has 0 bridgehead atoms. The summed E-state index contributed by atoms with van der Waals surface area (Å²) in [5.41, 5.74) is 8.87. The van der Waals surface area contributed by atoms with E-state index in [1.165, 1.54) is 16.7 Å². The number of rotatable bonds is 4. The van der Waals surface area contributed by atoms with Gasteiger partial charge in [-0.2, -0.15) is 0 Å².